The summed E-state index contributed by atoms with van der Waals surface area (Å²) in [4.78, 5) is 0. The molecular formula is C34H42Si. The van der Waals surface area contributed by atoms with Gasteiger partial charge in [-0.2, -0.15) is 0 Å². The van der Waals surface area contributed by atoms with Crippen LogP contribution in [-0.2, 0) is 10.8 Å². The van der Waals surface area contributed by atoms with Crippen LogP contribution in [0, 0.1) is 6.92 Å². The molecule has 0 N–H and O–H groups in total. The first-order valence-corrected chi connectivity index (χ1v) is 16.5. The molecule has 1 aliphatic rings. The van der Waals surface area contributed by atoms with E-state index in [1.807, 2.05) is 0 Å². The van der Waals surface area contributed by atoms with Gasteiger partial charge in [0.05, 0.1) is 8.07 Å². The van der Waals surface area contributed by atoms with E-state index < -0.39 is 8.07 Å². The summed E-state index contributed by atoms with van der Waals surface area (Å²) in [7, 11) is -1.55. The van der Waals surface area contributed by atoms with Crippen molar-refractivity contribution < 1.29 is 0 Å². The van der Waals surface area contributed by atoms with E-state index in [-0.39, 0.29) is 10.8 Å². The average molecular weight is 479 g/mol. The topological polar surface area (TPSA) is 0 Å². The molecule has 4 rings (SSSR count). The van der Waals surface area contributed by atoms with Crippen molar-refractivity contribution in [3.05, 3.63) is 112 Å². The number of hydrogen-bond donors (Lipinski definition) is 0. The molecule has 0 aliphatic heterocycles. The summed E-state index contributed by atoms with van der Waals surface area (Å²) in [6.45, 7) is 21.1. The SMILES string of the molecule is Cc1ccc(/C(=C/c2ccc3c(c2)C(c2ccc(C(C)(C)C)cc2)=CCC3(C)C)[Si](C)(C)C)cc1. The minimum atomic E-state index is -1.55. The summed E-state index contributed by atoms with van der Waals surface area (Å²) in [5.41, 5.74) is 11.2. The Labute approximate surface area is 214 Å². The molecular weight excluding hydrogens is 436 g/mol. The second-order valence-electron chi connectivity index (χ2n) is 13.0. The third kappa shape index (κ3) is 5.46. The molecule has 1 aliphatic carbocycles. The lowest BCUT2D eigenvalue weighted by Crippen LogP contribution is -2.23. The van der Waals surface area contributed by atoms with Crippen molar-refractivity contribution in [1.29, 1.82) is 0 Å². The first kappa shape index (κ1) is 25.4. The van der Waals surface area contributed by atoms with Crippen molar-refractivity contribution in [2.24, 2.45) is 0 Å². The molecule has 0 fully saturated rings. The van der Waals surface area contributed by atoms with Gasteiger partial charge in [0.25, 0.3) is 0 Å². The second-order valence-corrected chi connectivity index (χ2v) is 18.1. The minimum Gasteiger partial charge on any atom is -0.0752 e. The first-order valence-electron chi connectivity index (χ1n) is 13.0. The van der Waals surface area contributed by atoms with Gasteiger partial charge in [0.15, 0.2) is 0 Å². The zero-order valence-electron chi connectivity index (χ0n) is 23.2. The van der Waals surface area contributed by atoms with Crippen molar-refractivity contribution in [2.75, 3.05) is 0 Å². The molecule has 35 heavy (non-hydrogen) atoms. The molecule has 0 nitrogen and oxygen atoms in total. The Morgan fingerprint density at radius 2 is 1.49 bits per heavy atom. The molecule has 1 heteroatoms. The molecule has 0 saturated carbocycles. The molecule has 3 aromatic carbocycles. The Morgan fingerprint density at radius 3 is 2.06 bits per heavy atom. The van der Waals surface area contributed by atoms with Gasteiger partial charge >= 0.3 is 0 Å². The van der Waals surface area contributed by atoms with Crippen LogP contribution in [0.4, 0.5) is 0 Å². The number of aryl methyl sites for hydroxylation is 1. The fourth-order valence-electron chi connectivity index (χ4n) is 5.10. The van der Waals surface area contributed by atoms with Gasteiger partial charge in [-0.1, -0.05) is 138 Å². The van der Waals surface area contributed by atoms with E-state index in [9.17, 15) is 0 Å². The molecule has 3 aromatic rings. The monoisotopic (exact) mass is 478 g/mol. The number of rotatable bonds is 4. The van der Waals surface area contributed by atoms with Crippen LogP contribution in [-0.4, -0.2) is 8.07 Å². The molecule has 0 bridgehead atoms. The minimum absolute atomic E-state index is 0.144. The summed E-state index contributed by atoms with van der Waals surface area (Å²) >= 11 is 0. The van der Waals surface area contributed by atoms with E-state index in [1.165, 1.54) is 49.7 Å². The van der Waals surface area contributed by atoms with Gasteiger partial charge in [-0.3, -0.25) is 0 Å². The van der Waals surface area contributed by atoms with Gasteiger partial charge in [-0.15, -0.1) is 0 Å². The lowest BCUT2D eigenvalue weighted by molar-refractivity contribution is 0.527. The predicted molar refractivity (Wildman–Crippen MR) is 159 cm³/mol. The summed E-state index contributed by atoms with van der Waals surface area (Å²) in [5.74, 6) is 0. The van der Waals surface area contributed by atoms with Crippen LogP contribution in [0.3, 0.4) is 0 Å². The van der Waals surface area contributed by atoms with Crippen LogP contribution in [0.25, 0.3) is 16.8 Å². The van der Waals surface area contributed by atoms with Gasteiger partial charge < -0.3 is 0 Å². The standard InChI is InChI=1S/C34H42Si/c1-24-10-13-27(14-11-24)32(35(7,8)9)23-25-12-19-31-30(22-25)29(20-21-34(31,5)6)26-15-17-28(18-16-26)33(2,3)4/h10-20,22-23H,21H2,1-9H3/b32-23-. The number of allylic oxidation sites excluding steroid dienone is 1. The molecule has 0 heterocycles. The normalized spacial score (nSPS) is 16.0. The maximum atomic E-state index is 2.46. The highest BCUT2D eigenvalue weighted by molar-refractivity contribution is 6.94. The van der Waals surface area contributed by atoms with Gasteiger partial charge in [-0.25, -0.2) is 0 Å². The third-order valence-corrected chi connectivity index (χ3v) is 9.47. The Morgan fingerprint density at radius 1 is 0.857 bits per heavy atom. The molecule has 182 valence electrons. The summed E-state index contributed by atoms with van der Waals surface area (Å²) in [6.07, 6.45) is 5.98. The van der Waals surface area contributed by atoms with Gasteiger partial charge in [0, 0.05) is 0 Å². The van der Waals surface area contributed by atoms with E-state index in [1.54, 1.807) is 0 Å². The highest BCUT2D eigenvalue weighted by Crippen LogP contribution is 2.42. The van der Waals surface area contributed by atoms with E-state index in [2.05, 4.69) is 140 Å². The summed E-state index contributed by atoms with van der Waals surface area (Å²) < 4.78 is 0. The van der Waals surface area contributed by atoms with Crippen molar-refractivity contribution in [3.8, 4) is 0 Å². The van der Waals surface area contributed by atoms with Crippen LogP contribution >= 0.6 is 0 Å². The average Bonchev–Trinajstić information content (AvgIpc) is 2.77. The fourth-order valence-corrected chi connectivity index (χ4v) is 6.73. The summed E-state index contributed by atoms with van der Waals surface area (Å²) in [6, 6.07) is 25.5. The number of fused-ring (bicyclic) bond motifs is 1. The van der Waals surface area contributed by atoms with E-state index in [0.29, 0.717) is 0 Å². The van der Waals surface area contributed by atoms with Crippen LogP contribution < -0.4 is 0 Å². The van der Waals surface area contributed by atoms with Gasteiger partial charge in [0.2, 0.25) is 0 Å². The largest absolute Gasteiger partial charge is 0.0784 e. The van der Waals surface area contributed by atoms with Crippen molar-refractivity contribution >= 4 is 24.9 Å². The van der Waals surface area contributed by atoms with Gasteiger partial charge in [0.1, 0.15) is 0 Å². The molecule has 0 unspecified atom stereocenters. The van der Waals surface area contributed by atoms with E-state index in [0.717, 1.165) is 6.42 Å². The molecule has 0 radical (unpaired) electrons. The lowest BCUT2D eigenvalue weighted by Gasteiger charge is -2.33. The van der Waals surface area contributed by atoms with Crippen molar-refractivity contribution in [2.45, 2.75) is 78.4 Å². The van der Waals surface area contributed by atoms with E-state index in [4.69, 9.17) is 0 Å². The molecule has 0 aromatic heterocycles. The van der Waals surface area contributed by atoms with Gasteiger partial charge in [-0.05, 0) is 69.2 Å². The molecule has 0 saturated heterocycles. The maximum Gasteiger partial charge on any atom is 0.0784 e. The predicted octanol–water partition coefficient (Wildman–Crippen LogP) is 9.82. The Bertz CT molecular complexity index is 1270. The fraction of sp³-hybridized carbons (Fsp3) is 0.353. The van der Waals surface area contributed by atoms with Crippen LogP contribution in [0.15, 0.2) is 72.8 Å². The highest BCUT2D eigenvalue weighted by atomic mass is 28.3. The van der Waals surface area contributed by atoms with Crippen molar-refractivity contribution in [1.82, 2.24) is 0 Å². The van der Waals surface area contributed by atoms with E-state index >= 15 is 0 Å². The van der Waals surface area contributed by atoms with Crippen LogP contribution in [0.2, 0.25) is 19.6 Å². The van der Waals surface area contributed by atoms with Crippen LogP contribution in [0.1, 0.15) is 80.0 Å². The zero-order chi connectivity index (χ0) is 25.6. The highest BCUT2D eigenvalue weighted by Gasteiger charge is 2.29. The smallest absolute Gasteiger partial charge is 0.0752 e. The second kappa shape index (κ2) is 9.10. The summed E-state index contributed by atoms with van der Waals surface area (Å²) in [5, 5.41) is 1.51. The number of benzene rings is 3. The van der Waals surface area contributed by atoms with Crippen LogP contribution in [0.5, 0.6) is 0 Å². The molecule has 0 spiro atoms. The zero-order valence-corrected chi connectivity index (χ0v) is 24.2. The Hall–Kier alpha value is -2.64. The number of hydrogen-bond acceptors (Lipinski definition) is 0. The molecule has 0 amide bonds. The first-order chi connectivity index (χ1) is 16.3. The Balaban J connectivity index is 1.82. The quantitative estimate of drug-likeness (QED) is 0.258. The Kier molecular flexibility index (Phi) is 6.62. The maximum absolute atomic E-state index is 2.46. The molecule has 0 atom stereocenters. The third-order valence-electron chi connectivity index (χ3n) is 7.42. The van der Waals surface area contributed by atoms with Crippen molar-refractivity contribution in [3.63, 3.8) is 0 Å². The lowest BCUT2D eigenvalue weighted by atomic mass is 9.71.